The van der Waals surface area contributed by atoms with Gasteiger partial charge in [0, 0.05) is 12.0 Å². The lowest BCUT2D eigenvalue weighted by Crippen LogP contribution is -2.48. The highest BCUT2D eigenvalue weighted by Gasteiger charge is 2.28. The van der Waals surface area contributed by atoms with Gasteiger partial charge in [-0.1, -0.05) is 48.9 Å². The molecule has 4 N–H and O–H groups in total. The maximum absolute atomic E-state index is 12.7. The zero-order valence-corrected chi connectivity index (χ0v) is 15.9. The Morgan fingerprint density at radius 1 is 1.25 bits per heavy atom. The van der Waals surface area contributed by atoms with Crippen LogP contribution in [0.25, 0.3) is 11.0 Å². The molecule has 1 amide bonds. The van der Waals surface area contributed by atoms with Crippen molar-refractivity contribution in [2.24, 2.45) is 0 Å². The van der Waals surface area contributed by atoms with Crippen LogP contribution in [0.2, 0.25) is 5.02 Å². The molecule has 7 nitrogen and oxygen atoms in total. The number of halogens is 1. The van der Waals surface area contributed by atoms with E-state index in [4.69, 9.17) is 11.6 Å². The van der Waals surface area contributed by atoms with Crippen molar-refractivity contribution in [3.8, 4) is 0 Å². The molecule has 1 aromatic heterocycles. The summed E-state index contributed by atoms with van der Waals surface area (Å²) in [6.45, 7) is 1.95. The Morgan fingerprint density at radius 2 is 1.96 bits per heavy atom. The third-order valence-corrected chi connectivity index (χ3v) is 4.72. The number of aryl methyl sites for hydroxylation is 1. The van der Waals surface area contributed by atoms with Crippen molar-refractivity contribution in [2.75, 3.05) is 0 Å². The number of imidazole rings is 1. The smallest absolute Gasteiger partial charge is 0.334 e. The minimum atomic E-state index is -1.75. The van der Waals surface area contributed by atoms with Crippen LogP contribution in [-0.2, 0) is 17.6 Å². The molecule has 0 saturated carbocycles. The van der Waals surface area contributed by atoms with E-state index in [1.54, 1.807) is 30.3 Å². The number of benzene rings is 2. The number of hydrogen-bond acceptors (Lipinski definition) is 4. The fraction of sp³-hybridized carbons (Fsp3) is 0.250. The lowest BCUT2D eigenvalue weighted by molar-refractivity contribution is -0.148. The predicted molar refractivity (Wildman–Crippen MR) is 106 cm³/mol. The molecular weight excluding hydrogens is 382 g/mol. The van der Waals surface area contributed by atoms with Gasteiger partial charge in [0.25, 0.3) is 5.91 Å². The van der Waals surface area contributed by atoms with E-state index in [0.717, 1.165) is 11.4 Å². The number of fused-ring (bicyclic) bond motifs is 1. The number of aliphatic carboxylic acids is 1. The van der Waals surface area contributed by atoms with Crippen LogP contribution in [0, 0.1) is 0 Å². The van der Waals surface area contributed by atoms with Gasteiger partial charge in [0.1, 0.15) is 11.3 Å². The summed E-state index contributed by atoms with van der Waals surface area (Å²) in [6, 6.07) is 11.1. The van der Waals surface area contributed by atoms with Gasteiger partial charge in [-0.15, -0.1) is 0 Å². The van der Waals surface area contributed by atoms with Crippen molar-refractivity contribution in [1.29, 1.82) is 0 Å². The third kappa shape index (κ3) is 4.32. The van der Waals surface area contributed by atoms with Crippen LogP contribution in [0.3, 0.4) is 0 Å². The van der Waals surface area contributed by atoms with Crippen LogP contribution in [0.15, 0.2) is 42.5 Å². The first-order valence-corrected chi connectivity index (χ1v) is 9.20. The van der Waals surface area contributed by atoms with Crippen molar-refractivity contribution in [2.45, 2.75) is 31.9 Å². The number of carboxylic acids is 1. The summed E-state index contributed by atoms with van der Waals surface area (Å²) in [4.78, 5) is 31.5. The lowest BCUT2D eigenvalue weighted by atomic mass is 10.0. The van der Waals surface area contributed by atoms with Crippen molar-refractivity contribution in [3.63, 3.8) is 0 Å². The first kappa shape index (κ1) is 19.9. The zero-order chi connectivity index (χ0) is 20.3. The van der Waals surface area contributed by atoms with E-state index < -0.39 is 24.0 Å². The number of hydrogen-bond donors (Lipinski definition) is 4. The monoisotopic (exact) mass is 401 g/mol. The largest absolute Gasteiger partial charge is 0.479 e. The third-order valence-electron chi connectivity index (χ3n) is 4.44. The van der Waals surface area contributed by atoms with Gasteiger partial charge in [0.05, 0.1) is 16.6 Å². The van der Waals surface area contributed by atoms with Crippen LogP contribution >= 0.6 is 11.6 Å². The van der Waals surface area contributed by atoms with Gasteiger partial charge in [0.15, 0.2) is 6.10 Å². The van der Waals surface area contributed by atoms with Crippen LogP contribution in [-0.4, -0.2) is 44.2 Å². The van der Waals surface area contributed by atoms with Gasteiger partial charge >= 0.3 is 5.97 Å². The van der Waals surface area contributed by atoms with Gasteiger partial charge in [0.2, 0.25) is 0 Å². The number of rotatable bonds is 7. The molecule has 0 aliphatic rings. The molecule has 146 valence electrons. The number of carbonyl (C=O) groups excluding carboxylic acids is 1. The summed E-state index contributed by atoms with van der Waals surface area (Å²) in [5.41, 5.74) is 2.23. The molecule has 0 spiro atoms. The number of carboxylic acid groups (broad SMARTS) is 1. The van der Waals surface area contributed by atoms with Gasteiger partial charge in [-0.3, -0.25) is 4.79 Å². The highest BCUT2D eigenvalue weighted by atomic mass is 35.5. The molecule has 3 aromatic rings. The SMILES string of the molecule is CCc1nc2c(Cl)cc(C(=O)N[C@H](Cc3ccccc3)[C@@H](O)C(=O)O)cc2[nH]1. The number of amides is 1. The maximum atomic E-state index is 12.7. The number of carbonyl (C=O) groups is 2. The van der Waals surface area contributed by atoms with Crippen LogP contribution in [0.1, 0.15) is 28.7 Å². The second-order valence-electron chi connectivity index (χ2n) is 6.44. The molecule has 0 saturated heterocycles. The van der Waals surface area contributed by atoms with Crippen molar-refractivity contribution >= 4 is 34.5 Å². The van der Waals surface area contributed by atoms with Crippen molar-refractivity contribution < 1.29 is 19.8 Å². The molecule has 3 rings (SSSR count). The molecule has 2 aromatic carbocycles. The summed E-state index contributed by atoms with van der Waals surface area (Å²) in [5, 5.41) is 22.2. The summed E-state index contributed by atoms with van der Waals surface area (Å²) in [7, 11) is 0. The average Bonchev–Trinajstić information content (AvgIpc) is 3.11. The highest BCUT2D eigenvalue weighted by Crippen LogP contribution is 2.24. The van der Waals surface area contributed by atoms with Crippen LogP contribution in [0.5, 0.6) is 0 Å². The van der Waals surface area contributed by atoms with Crippen molar-refractivity contribution in [1.82, 2.24) is 15.3 Å². The molecule has 1 heterocycles. The molecule has 0 aliphatic carbocycles. The Hall–Kier alpha value is -2.90. The quantitative estimate of drug-likeness (QED) is 0.485. The summed E-state index contributed by atoms with van der Waals surface area (Å²) >= 11 is 6.25. The Balaban J connectivity index is 1.86. The second kappa shape index (κ2) is 8.41. The Labute approximate surface area is 166 Å². The standard InChI is InChI=1S/C20H20ClN3O4/c1-2-16-22-14-10-12(9-13(21)17(14)24-16)19(26)23-15(18(25)20(27)28)8-11-6-4-3-5-7-11/h3-7,9-10,15,18,25H,2,8H2,1H3,(H,22,24)(H,23,26)(H,27,28)/t15-,18-/m1/s1. The lowest BCUT2D eigenvalue weighted by Gasteiger charge is -2.21. The van der Waals surface area contributed by atoms with Gasteiger partial charge in [-0.25, -0.2) is 9.78 Å². The average molecular weight is 402 g/mol. The van der Waals surface area contributed by atoms with E-state index in [9.17, 15) is 19.8 Å². The summed E-state index contributed by atoms with van der Waals surface area (Å²) in [6.07, 6.45) is -0.890. The number of H-pyrrole nitrogens is 1. The number of aliphatic hydroxyl groups excluding tert-OH is 1. The van der Waals surface area contributed by atoms with Crippen LogP contribution in [0.4, 0.5) is 0 Å². The molecule has 0 radical (unpaired) electrons. The van der Waals surface area contributed by atoms with E-state index in [0.29, 0.717) is 22.5 Å². The van der Waals surface area contributed by atoms with Gasteiger partial charge in [-0.2, -0.15) is 0 Å². The molecule has 0 unspecified atom stereocenters. The van der Waals surface area contributed by atoms with E-state index >= 15 is 0 Å². The predicted octanol–water partition coefficient (Wildman–Crippen LogP) is 2.57. The fourth-order valence-electron chi connectivity index (χ4n) is 2.96. The fourth-order valence-corrected chi connectivity index (χ4v) is 3.22. The molecule has 2 atom stereocenters. The highest BCUT2D eigenvalue weighted by molar-refractivity contribution is 6.35. The summed E-state index contributed by atoms with van der Waals surface area (Å²) < 4.78 is 0. The first-order chi connectivity index (χ1) is 13.4. The number of aliphatic hydroxyl groups is 1. The van der Waals surface area contributed by atoms with Crippen LogP contribution < -0.4 is 5.32 Å². The van der Waals surface area contributed by atoms with E-state index in [-0.39, 0.29) is 12.0 Å². The van der Waals surface area contributed by atoms with Crippen molar-refractivity contribution in [3.05, 3.63) is 64.4 Å². The molecule has 0 fully saturated rings. The number of nitrogens with one attached hydrogen (secondary N) is 2. The zero-order valence-electron chi connectivity index (χ0n) is 15.1. The second-order valence-corrected chi connectivity index (χ2v) is 6.85. The maximum Gasteiger partial charge on any atom is 0.334 e. The molecule has 8 heteroatoms. The van der Waals surface area contributed by atoms with Gasteiger partial charge < -0.3 is 20.5 Å². The Morgan fingerprint density at radius 3 is 2.61 bits per heavy atom. The number of aromatic nitrogens is 2. The van der Waals surface area contributed by atoms with E-state index in [2.05, 4.69) is 15.3 Å². The minimum absolute atomic E-state index is 0.167. The topological polar surface area (TPSA) is 115 Å². The Kier molecular flexibility index (Phi) is 5.96. The van der Waals surface area contributed by atoms with E-state index in [1.165, 1.54) is 6.07 Å². The van der Waals surface area contributed by atoms with E-state index in [1.807, 2.05) is 13.0 Å². The Bertz CT molecular complexity index is 1000. The first-order valence-electron chi connectivity index (χ1n) is 8.82. The van der Waals surface area contributed by atoms with Gasteiger partial charge in [-0.05, 0) is 24.1 Å². The molecule has 28 heavy (non-hydrogen) atoms. The molecular formula is C20H20ClN3O4. The number of nitrogens with zero attached hydrogens (tertiary/aromatic N) is 1. The minimum Gasteiger partial charge on any atom is -0.479 e. The normalized spacial score (nSPS) is 13.2. The molecule has 0 bridgehead atoms. The summed E-state index contributed by atoms with van der Waals surface area (Å²) in [5.74, 6) is -1.19. The molecule has 0 aliphatic heterocycles. The number of aromatic amines is 1.